The number of unbranched alkanes of at least 4 members (excludes halogenated alkanes) is 15. The van der Waals surface area contributed by atoms with E-state index >= 15 is 0 Å². The molecule has 0 rings (SSSR count). The summed E-state index contributed by atoms with van der Waals surface area (Å²) in [5.74, 6) is -0.494. The van der Waals surface area contributed by atoms with Gasteiger partial charge in [0.15, 0.2) is 0 Å². The second-order valence-corrected chi connectivity index (χ2v) is 9.26. The van der Waals surface area contributed by atoms with E-state index < -0.39 is 18.2 Å². The predicted octanol–water partition coefficient (Wildman–Crippen LogP) is 6.50. The van der Waals surface area contributed by atoms with Crippen molar-refractivity contribution in [3.05, 3.63) is 12.2 Å². The van der Waals surface area contributed by atoms with Crippen molar-refractivity contribution in [1.82, 2.24) is 0 Å². The Morgan fingerprint density at radius 1 is 0.812 bits per heavy atom. The number of hydrogen-bond acceptors (Lipinski definition) is 5. The largest absolute Gasteiger partial charge is 0.456 e. The van der Waals surface area contributed by atoms with Crippen LogP contribution in [0.25, 0.3) is 0 Å². The minimum Gasteiger partial charge on any atom is -0.456 e. The monoisotopic (exact) mass is 456 g/mol. The highest BCUT2D eigenvalue weighted by Gasteiger charge is 2.19. The number of carbonyl (C=O) groups is 1. The van der Waals surface area contributed by atoms with E-state index in [9.17, 15) is 9.90 Å². The lowest BCUT2D eigenvalue weighted by molar-refractivity contribution is -0.149. The zero-order valence-electron chi connectivity index (χ0n) is 21.1. The molecule has 0 radical (unpaired) electrons. The standard InChI is InChI=1S/C27H52O5/c1-4-5-6-7-8-9-10-11-12-13-14-15-16-17-18-19-20-31-23-26(21-25(29)22-28)32-27(30)24(2)3/h25-26,28-29H,2,4-23H2,1,3H3. The van der Waals surface area contributed by atoms with E-state index in [4.69, 9.17) is 14.6 Å². The van der Waals surface area contributed by atoms with Gasteiger partial charge < -0.3 is 19.7 Å². The highest BCUT2D eigenvalue weighted by molar-refractivity contribution is 5.87. The zero-order chi connectivity index (χ0) is 23.9. The number of aliphatic hydroxyl groups excluding tert-OH is 2. The van der Waals surface area contributed by atoms with Gasteiger partial charge in [-0.15, -0.1) is 0 Å². The molecule has 0 amide bonds. The SMILES string of the molecule is C=C(C)C(=O)OC(COCCCCCCCCCCCCCCCCCC)CC(O)CO. The van der Waals surface area contributed by atoms with E-state index in [1.807, 2.05) is 0 Å². The molecular weight excluding hydrogens is 404 g/mol. The molecule has 0 aliphatic heterocycles. The summed E-state index contributed by atoms with van der Waals surface area (Å²) in [6.45, 7) is 7.91. The summed E-state index contributed by atoms with van der Waals surface area (Å²) in [5, 5.41) is 18.6. The molecule has 2 N–H and O–H groups in total. The maximum atomic E-state index is 11.7. The van der Waals surface area contributed by atoms with Crippen molar-refractivity contribution in [1.29, 1.82) is 0 Å². The Balaban J connectivity index is 3.50. The number of rotatable bonds is 24. The molecule has 0 bridgehead atoms. The van der Waals surface area contributed by atoms with Crippen molar-refractivity contribution in [2.75, 3.05) is 19.8 Å². The van der Waals surface area contributed by atoms with Crippen LogP contribution in [0.15, 0.2) is 12.2 Å². The second-order valence-electron chi connectivity index (χ2n) is 9.26. The molecule has 5 heteroatoms. The van der Waals surface area contributed by atoms with E-state index in [1.54, 1.807) is 6.92 Å². The Morgan fingerprint density at radius 3 is 1.66 bits per heavy atom. The predicted molar refractivity (Wildman–Crippen MR) is 133 cm³/mol. The molecule has 0 heterocycles. The van der Waals surface area contributed by atoms with Gasteiger partial charge in [0, 0.05) is 18.6 Å². The van der Waals surface area contributed by atoms with Gasteiger partial charge in [0.05, 0.1) is 19.3 Å². The summed E-state index contributed by atoms with van der Waals surface area (Å²) in [7, 11) is 0. The van der Waals surface area contributed by atoms with Crippen LogP contribution in [0, 0.1) is 0 Å². The third-order valence-electron chi connectivity index (χ3n) is 5.81. The van der Waals surface area contributed by atoms with Gasteiger partial charge in [-0.2, -0.15) is 0 Å². The summed E-state index contributed by atoms with van der Waals surface area (Å²) in [5.41, 5.74) is 0.311. The van der Waals surface area contributed by atoms with Crippen LogP contribution in [-0.2, 0) is 14.3 Å². The molecule has 5 nitrogen and oxygen atoms in total. The lowest BCUT2D eigenvalue weighted by Gasteiger charge is -2.20. The van der Waals surface area contributed by atoms with Crippen molar-refractivity contribution in [2.24, 2.45) is 0 Å². The van der Waals surface area contributed by atoms with Crippen molar-refractivity contribution in [2.45, 2.75) is 135 Å². The number of hydrogen-bond donors (Lipinski definition) is 2. The normalized spacial score (nSPS) is 13.1. The lowest BCUT2D eigenvalue weighted by atomic mass is 10.0. The van der Waals surface area contributed by atoms with Gasteiger partial charge in [-0.25, -0.2) is 4.79 Å². The molecule has 0 aliphatic rings. The average Bonchev–Trinajstić information content (AvgIpc) is 2.77. The highest BCUT2D eigenvalue weighted by atomic mass is 16.6. The maximum Gasteiger partial charge on any atom is 0.333 e. The summed E-state index contributed by atoms with van der Waals surface area (Å²) in [6.07, 6.45) is 20.0. The average molecular weight is 457 g/mol. The topological polar surface area (TPSA) is 76.0 Å². The van der Waals surface area contributed by atoms with Crippen molar-refractivity contribution < 1.29 is 24.5 Å². The summed E-state index contributed by atoms with van der Waals surface area (Å²) < 4.78 is 10.9. The highest BCUT2D eigenvalue weighted by Crippen LogP contribution is 2.14. The third kappa shape index (κ3) is 21.0. The van der Waals surface area contributed by atoms with Crippen molar-refractivity contribution in [3.8, 4) is 0 Å². The number of aliphatic hydroxyl groups is 2. The van der Waals surface area contributed by atoms with Crippen LogP contribution < -0.4 is 0 Å². The molecule has 2 atom stereocenters. The van der Waals surface area contributed by atoms with Gasteiger partial charge in [0.1, 0.15) is 6.10 Å². The third-order valence-corrected chi connectivity index (χ3v) is 5.81. The van der Waals surface area contributed by atoms with Crippen LogP contribution in [-0.4, -0.2) is 48.2 Å². The summed E-state index contributed by atoms with van der Waals surface area (Å²) in [6, 6.07) is 0. The van der Waals surface area contributed by atoms with E-state index in [0.29, 0.717) is 12.2 Å². The van der Waals surface area contributed by atoms with Crippen LogP contribution in [0.3, 0.4) is 0 Å². The van der Waals surface area contributed by atoms with Gasteiger partial charge in [-0.3, -0.25) is 0 Å². The summed E-state index contributed by atoms with van der Waals surface area (Å²) >= 11 is 0. The number of esters is 1. The van der Waals surface area contributed by atoms with Gasteiger partial charge in [0.25, 0.3) is 0 Å². The molecule has 190 valence electrons. The molecule has 0 saturated heterocycles. The Labute approximate surface area is 198 Å². The first-order chi connectivity index (χ1) is 15.5. The molecule has 0 aromatic heterocycles. The molecule has 32 heavy (non-hydrogen) atoms. The minimum atomic E-state index is -0.919. The van der Waals surface area contributed by atoms with Crippen LogP contribution in [0.4, 0.5) is 0 Å². The van der Waals surface area contributed by atoms with E-state index in [0.717, 1.165) is 12.8 Å². The Hall–Kier alpha value is -0.910. The fraction of sp³-hybridized carbons (Fsp3) is 0.889. The Morgan fingerprint density at radius 2 is 1.25 bits per heavy atom. The molecule has 0 spiro atoms. The summed E-state index contributed by atoms with van der Waals surface area (Å²) in [4.78, 5) is 11.7. The quantitative estimate of drug-likeness (QED) is 0.0985. The first kappa shape index (κ1) is 31.1. The van der Waals surface area contributed by atoms with Crippen molar-refractivity contribution >= 4 is 5.97 Å². The fourth-order valence-electron chi connectivity index (χ4n) is 3.75. The first-order valence-electron chi connectivity index (χ1n) is 13.2. The van der Waals surface area contributed by atoms with Gasteiger partial charge in [-0.05, 0) is 13.3 Å². The van der Waals surface area contributed by atoms with Crippen LogP contribution >= 0.6 is 0 Å². The molecule has 2 unspecified atom stereocenters. The Kier molecular flexibility index (Phi) is 22.6. The first-order valence-corrected chi connectivity index (χ1v) is 13.2. The van der Waals surface area contributed by atoms with Gasteiger partial charge in [-0.1, -0.05) is 110 Å². The van der Waals surface area contributed by atoms with Crippen LogP contribution in [0.2, 0.25) is 0 Å². The maximum absolute atomic E-state index is 11.7. The molecule has 0 aromatic carbocycles. The molecular formula is C27H52O5. The lowest BCUT2D eigenvalue weighted by Crippen LogP contribution is -2.30. The molecule has 0 aromatic rings. The Bertz CT molecular complexity index is 438. The fourth-order valence-corrected chi connectivity index (χ4v) is 3.75. The zero-order valence-corrected chi connectivity index (χ0v) is 21.1. The molecule has 0 aliphatic carbocycles. The molecule has 0 saturated carbocycles. The van der Waals surface area contributed by atoms with E-state index in [-0.39, 0.29) is 19.6 Å². The van der Waals surface area contributed by atoms with Gasteiger partial charge in [0.2, 0.25) is 0 Å². The minimum absolute atomic E-state index is 0.161. The van der Waals surface area contributed by atoms with E-state index in [2.05, 4.69) is 13.5 Å². The van der Waals surface area contributed by atoms with Crippen LogP contribution in [0.5, 0.6) is 0 Å². The smallest absolute Gasteiger partial charge is 0.333 e. The van der Waals surface area contributed by atoms with Gasteiger partial charge >= 0.3 is 5.97 Å². The number of carbonyl (C=O) groups excluding carboxylic acids is 1. The second kappa shape index (κ2) is 23.3. The number of ether oxygens (including phenoxy) is 2. The molecule has 0 fully saturated rings. The van der Waals surface area contributed by atoms with E-state index in [1.165, 1.54) is 89.9 Å². The van der Waals surface area contributed by atoms with Crippen LogP contribution in [0.1, 0.15) is 123 Å². The van der Waals surface area contributed by atoms with Crippen molar-refractivity contribution in [3.63, 3.8) is 0 Å².